The zero-order chi connectivity index (χ0) is 19.9. The maximum Gasteiger partial charge on any atom is 0.340 e. The Labute approximate surface area is 154 Å². The summed E-state index contributed by atoms with van der Waals surface area (Å²) >= 11 is 5.71. The molecule has 0 aliphatic heterocycles. The van der Waals surface area contributed by atoms with Gasteiger partial charge in [0.1, 0.15) is 5.69 Å². The second-order valence-electron chi connectivity index (χ2n) is 5.77. The van der Waals surface area contributed by atoms with Crippen molar-refractivity contribution in [1.29, 1.82) is 0 Å². The van der Waals surface area contributed by atoms with E-state index in [1.54, 1.807) is 13.8 Å². The first-order valence-electron chi connectivity index (χ1n) is 7.78. The minimum atomic E-state index is -0.919. The van der Waals surface area contributed by atoms with Crippen molar-refractivity contribution in [2.75, 3.05) is 37.1 Å². The van der Waals surface area contributed by atoms with E-state index in [2.05, 4.69) is 0 Å². The highest BCUT2D eigenvalue weighted by molar-refractivity contribution is 6.18. The van der Waals surface area contributed by atoms with Crippen LogP contribution in [0.15, 0.2) is 12.1 Å². The molecule has 0 spiro atoms. The Kier molecular flexibility index (Phi) is 8.20. The lowest BCUT2D eigenvalue weighted by molar-refractivity contribution is -0.393. The fourth-order valence-electron chi connectivity index (χ4n) is 2.22. The number of esters is 1. The summed E-state index contributed by atoms with van der Waals surface area (Å²) in [6.45, 7) is 3.34. The number of hydrogen-bond acceptors (Lipinski definition) is 8. The second kappa shape index (κ2) is 9.88. The fourth-order valence-corrected chi connectivity index (χ4v) is 2.42. The van der Waals surface area contributed by atoms with E-state index in [9.17, 15) is 30.1 Å². The Morgan fingerprint density at radius 1 is 1.27 bits per heavy atom. The molecule has 1 rings (SSSR count). The first-order valence-corrected chi connectivity index (χ1v) is 8.32. The van der Waals surface area contributed by atoms with Crippen LogP contribution in [0, 0.1) is 26.1 Å². The summed E-state index contributed by atoms with van der Waals surface area (Å²) in [6, 6.07) is 1.71. The number of rotatable bonds is 10. The quantitative estimate of drug-likeness (QED) is 0.278. The van der Waals surface area contributed by atoms with E-state index in [0.717, 1.165) is 12.1 Å². The summed E-state index contributed by atoms with van der Waals surface area (Å²) in [7, 11) is 0. The molecule has 1 aromatic carbocycles. The van der Waals surface area contributed by atoms with Gasteiger partial charge in [0.25, 0.3) is 11.4 Å². The number of aliphatic hydroxyl groups is 1. The Bertz CT molecular complexity index is 675. The normalized spacial score (nSPS) is 10.7. The highest BCUT2D eigenvalue weighted by Crippen LogP contribution is 2.36. The number of non-ortho nitro benzene ring substituents is 1. The summed E-state index contributed by atoms with van der Waals surface area (Å²) < 4.78 is 5.10. The summed E-state index contributed by atoms with van der Waals surface area (Å²) in [6.07, 6.45) is 0. The molecule has 0 atom stereocenters. The highest BCUT2D eigenvalue weighted by atomic mass is 35.5. The highest BCUT2D eigenvalue weighted by Gasteiger charge is 2.31. The van der Waals surface area contributed by atoms with Crippen LogP contribution in [0.1, 0.15) is 24.2 Å². The van der Waals surface area contributed by atoms with Gasteiger partial charge in [-0.05, 0) is 5.92 Å². The lowest BCUT2D eigenvalue weighted by Gasteiger charge is -2.24. The summed E-state index contributed by atoms with van der Waals surface area (Å²) in [5.41, 5.74) is -1.71. The number of carbonyl (C=O) groups is 1. The molecule has 1 aromatic rings. The first kappa shape index (κ1) is 21.6. The molecule has 0 bridgehead atoms. The van der Waals surface area contributed by atoms with Crippen molar-refractivity contribution in [2.24, 2.45) is 5.92 Å². The van der Waals surface area contributed by atoms with E-state index in [0.29, 0.717) is 0 Å². The molecule has 1 N–H and O–H groups in total. The number of aliphatic hydroxyl groups excluding tert-OH is 1. The molecule has 0 aliphatic rings. The van der Waals surface area contributed by atoms with Crippen LogP contribution in [-0.2, 0) is 4.74 Å². The molecule has 0 amide bonds. The number of nitro groups is 2. The van der Waals surface area contributed by atoms with Gasteiger partial charge in [-0.2, -0.15) is 0 Å². The standard InChI is InChI=1S/C15H20ClN3O7/c1-10(2)9-26-15(21)12-7-11(18(22)23)8-13(19(24)25)14(12)17(4-3-16)5-6-20/h7-8,10,20H,3-6,9H2,1-2H3. The summed E-state index contributed by atoms with van der Waals surface area (Å²) in [5.74, 6) is -0.847. The van der Waals surface area contributed by atoms with E-state index in [-0.39, 0.29) is 49.4 Å². The maximum atomic E-state index is 12.4. The predicted octanol–water partition coefficient (Wildman–Crippen LogP) is 2.35. The molecule has 0 radical (unpaired) electrons. The molecule has 0 saturated carbocycles. The average Bonchev–Trinajstić information content (AvgIpc) is 2.58. The summed E-state index contributed by atoms with van der Waals surface area (Å²) in [4.78, 5) is 34.7. The third-order valence-electron chi connectivity index (χ3n) is 3.29. The molecule has 0 aromatic heterocycles. The molecule has 0 unspecified atom stereocenters. The number of carbonyl (C=O) groups excluding carboxylic acids is 1. The van der Waals surface area contributed by atoms with Gasteiger partial charge >= 0.3 is 5.97 Å². The van der Waals surface area contributed by atoms with Gasteiger partial charge in [-0.15, -0.1) is 11.6 Å². The minimum Gasteiger partial charge on any atom is -0.462 e. The lowest BCUT2D eigenvalue weighted by Crippen LogP contribution is -2.31. The molecule has 0 fully saturated rings. The van der Waals surface area contributed by atoms with Crippen molar-refractivity contribution in [3.05, 3.63) is 37.9 Å². The zero-order valence-electron chi connectivity index (χ0n) is 14.4. The van der Waals surface area contributed by atoms with E-state index in [4.69, 9.17) is 16.3 Å². The molecule has 0 saturated heterocycles. The Hall–Kier alpha value is -2.46. The molecule has 26 heavy (non-hydrogen) atoms. The van der Waals surface area contributed by atoms with Gasteiger partial charge < -0.3 is 14.7 Å². The molecule has 10 nitrogen and oxygen atoms in total. The number of alkyl halides is 1. The number of benzene rings is 1. The van der Waals surface area contributed by atoms with Crippen molar-refractivity contribution in [3.8, 4) is 0 Å². The maximum absolute atomic E-state index is 12.4. The molecular formula is C15H20ClN3O7. The first-order chi connectivity index (χ1) is 12.2. The van der Waals surface area contributed by atoms with E-state index < -0.39 is 27.2 Å². The van der Waals surface area contributed by atoms with Crippen molar-refractivity contribution >= 4 is 34.6 Å². The van der Waals surface area contributed by atoms with E-state index in [1.807, 2.05) is 0 Å². The van der Waals surface area contributed by atoms with Crippen LogP contribution < -0.4 is 4.90 Å². The van der Waals surface area contributed by atoms with Crippen molar-refractivity contribution in [1.82, 2.24) is 0 Å². The van der Waals surface area contributed by atoms with Gasteiger partial charge in [0, 0.05) is 25.0 Å². The van der Waals surface area contributed by atoms with E-state index >= 15 is 0 Å². The number of nitrogens with zero attached hydrogens (tertiary/aromatic N) is 3. The second-order valence-corrected chi connectivity index (χ2v) is 6.15. The number of anilines is 1. The largest absolute Gasteiger partial charge is 0.462 e. The molecule has 0 heterocycles. The van der Waals surface area contributed by atoms with Gasteiger partial charge in [-0.3, -0.25) is 20.2 Å². The zero-order valence-corrected chi connectivity index (χ0v) is 15.1. The lowest BCUT2D eigenvalue weighted by atomic mass is 10.1. The smallest absolute Gasteiger partial charge is 0.340 e. The topological polar surface area (TPSA) is 136 Å². The Morgan fingerprint density at radius 2 is 1.92 bits per heavy atom. The molecule has 0 aliphatic carbocycles. The monoisotopic (exact) mass is 389 g/mol. The number of halogens is 1. The molecular weight excluding hydrogens is 370 g/mol. The summed E-state index contributed by atoms with van der Waals surface area (Å²) in [5, 5.41) is 31.8. The van der Waals surface area contributed by atoms with Gasteiger partial charge in [-0.25, -0.2) is 4.79 Å². The SMILES string of the molecule is CC(C)COC(=O)c1cc([N+](=O)[O-])cc([N+](=O)[O-])c1N(CCO)CCCl. The molecule has 144 valence electrons. The fraction of sp³-hybridized carbons (Fsp3) is 0.533. The van der Waals surface area contributed by atoms with Gasteiger partial charge in [0.2, 0.25) is 0 Å². The Morgan fingerprint density at radius 3 is 2.38 bits per heavy atom. The van der Waals surface area contributed by atoms with Crippen LogP contribution in [0.2, 0.25) is 0 Å². The number of ether oxygens (including phenoxy) is 1. The van der Waals surface area contributed by atoms with Crippen LogP contribution in [0.25, 0.3) is 0 Å². The van der Waals surface area contributed by atoms with E-state index in [1.165, 1.54) is 4.90 Å². The van der Waals surface area contributed by atoms with Crippen LogP contribution in [0.3, 0.4) is 0 Å². The minimum absolute atomic E-state index is 0.00692. The van der Waals surface area contributed by atoms with Crippen LogP contribution >= 0.6 is 11.6 Å². The van der Waals surface area contributed by atoms with Crippen molar-refractivity contribution < 1.29 is 24.5 Å². The third-order valence-corrected chi connectivity index (χ3v) is 3.46. The van der Waals surface area contributed by atoms with Gasteiger partial charge in [0.15, 0.2) is 0 Å². The van der Waals surface area contributed by atoms with Gasteiger partial charge in [-0.1, -0.05) is 13.8 Å². The Balaban J connectivity index is 3.60. The number of hydrogen-bond donors (Lipinski definition) is 1. The third kappa shape index (κ3) is 5.53. The van der Waals surface area contributed by atoms with Gasteiger partial charge in [0.05, 0.1) is 34.7 Å². The molecule has 11 heteroatoms. The van der Waals surface area contributed by atoms with Crippen LogP contribution in [0.4, 0.5) is 17.1 Å². The van der Waals surface area contributed by atoms with Crippen molar-refractivity contribution in [3.63, 3.8) is 0 Å². The van der Waals surface area contributed by atoms with Crippen molar-refractivity contribution in [2.45, 2.75) is 13.8 Å². The predicted molar refractivity (Wildman–Crippen MR) is 94.9 cm³/mol. The number of nitro benzene ring substituents is 2. The average molecular weight is 390 g/mol. The van der Waals surface area contributed by atoms with Crippen LogP contribution in [0.5, 0.6) is 0 Å². The van der Waals surface area contributed by atoms with Crippen LogP contribution in [-0.4, -0.2) is 53.1 Å².